The number of nitrogens with one attached hydrogen (secondary N) is 2. The van der Waals surface area contributed by atoms with Crippen molar-refractivity contribution in [3.05, 3.63) is 72.8 Å². The molecule has 9 rings (SSSR count). The minimum absolute atomic E-state index is 0.0481. The van der Waals surface area contributed by atoms with Crippen molar-refractivity contribution in [3.63, 3.8) is 0 Å². The average molecular weight is 1280 g/mol. The van der Waals surface area contributed by atoms with Crippen LogP contribution >= 0.6 is 0 Å². The molecule has 0 aliphatic carbocycles. The van der Waals surface area contributed by atoms with Gasteiger partial charge in [0.05, 0.1) is 207 Å². The average Bonchev–Trinajstić information content (AvgIpc) is 1.60. The van der Waals surface area contributed by atoms with Gasteiger partial charge in [-0.15, -0.1) is 0 Å². The molecule has 92 heavy (non-hydrogen) atoms. The topological polar surface area (TPSA) is 338 Å². The monoisotopic (exact) mass is 1280 g/mol. The second-order valence-electron chi connectivity index (χ2n) is 20.0. The van der Waals surface area contributed by atoms with E-state index in [0.29, 0.717) is 218 Å². The van der Waals surface area contributed by atoms with E-state index in [4.69, 9.17) is 126 Å². The van der Waals surface area contributed by atoms with Crippen molar-refractivity contribution >= 4 is 44.1 Å². The number of aliphatic hydroxyl groups is 4. The van der Waals surface area contributed by atoms with Crippen LogP contribution in [-0.2, 0) is 56.8 Å². The van der Waals surface area contributed by atoms with E-state index in [-0.39, 0.29) is 106 Å². The third-order valence-corrected chi connectivity index (χ3v) is 13.6. The Morgan fingerprint density at radius 3 is 0.804 bits per heavy atom. The van der Waals surface area contributed by atoms with Crippen molar-refractivity contribution in [2.45, 2.75) is 0 Å². The van der Waals surface area contributed by atoms with Crippen molar-refractivity contribution in [3.8, 4) is 68.5 Å². The molecule has 5 heterocycles. The number of hydrogen-bond acceptors (Lipinski definition) is 26. The van der Waals surface area contributed by atoms with Gasteiger partial charge < -0.3 is 106 Å². The summed E-state index contributed by atoms with van der Waals surface area (Å²) in [5, 5.41) is 38.4. The van der Waals surface area contributed by atoms with Gasteiger partial charge in [-0.05, 0) is 24.3 Å². The van der Waals surface area contributed by atoms with Crippen LogP contribution in [0.3, 0.4) is 0 Å². The number of aliphatic hydroxyl groups excluding tert-OH is 4. The van der Waals surface area contributed by atoms with Crippen LogP contribution in [0, 0.1) is 0 Å². The van der Waals surface area contributed by atoms with Gasteiger partial charge in [-0.25, -0.2) is 29.9 Å². The molecule has 4 aromatic carbocycles. The highest BCUT2D eigenvalue weighted by atomic mass is 16.6. The first-order chi connectivity index (χ1) is 45.6. The summed E-state index contributed by atoms with van der Waals surface area (Å²) < 4.78 is 93.0. The number of fused-ring (bicyclic) bond motifs is 20. The van der Waals surface area contributed by atoms with Gasteiger partial charge in [0.2, 0.25) is 0 Å². The van der Waals surface area contributed by atoms with Crippen LogP contribution in [0.2, 0.25) is 0 Å². The van der Waals surface area contributed by atoms with Gasteiger partial charge in [0.25, 0.3) is 0 Å². The van der Waals surface area contributed by atoms with E-state index in [9.17, 15) is 0 Å². The summed E-state index contributed by atoms with van der Waals surface area (Å²) in [4.78, 5) is 38.6. The van der Waals surface area contributed by atoms with Gasteiger partial charge in [-0.2, -0.15) is 0 Å². The van der Waals surface area contributed by atoms with E-state index in [2.05, 4.69) is 9.97 Å². The summed E-state index contributed by atoms with van der Waals surface area (Å²) in [7, 11) is 0. The molecule has 0 fully saturated rings. The van der Waals surface area contributed by atoms with Crippen LogP contribution in [-0.4, -0.2) is 272 Å². The molecular formula is C64H82N8O20. The van der Waals surface area contributed by atoms with Crippen molar-refractivity contribution in [1.82, 2.24) is 39.9 Å². The molecule has 8 bridgehead atoms. The smallest absolute Gasteiger partial charge is 0.168 e. The van der Waals surface area contributed by atoms with Gasteiger partial charge in [-0.1, -0.05) is 48.5 Å². The first kappa shape index (κ1) is 69.1. The van der Waals surface area contributed by atoms with Gasteiger partial charge in [0, 0.05) is 21.9 Å². The molecule has 0 amide bonds. The molecule has 28 nitrogen and oxygen atoms in total. The minimum atomic E-state index is -0.0481. The molecule has 2 aliphatic rings. The molecular weight excluding hydrogens is 1200 g/mol. The zero-order valence-electron chi connectivity index (χ0n) is 51.6. The second-order valence-corrected chi connectivity index (χ2v) is 20.0. The van der Waals surface area contributed by atoms with Gasteiger partial charge >= 0.3 is 0 Å². The minimum Gasteiger partial charge on any atom is -0.490 e. The Labute approximate surface area is 531 Å². The maximum atomic E-state index is 8.97. The molecule has 0 unspecified atom stereocenters. The largest absolute Gasteiger partial charge is 0.490 e. The lowest BCUT2D eigenvalue weighted by Gasteiger charge is -2.11. The third kappa shape index (κ3) is 20.4. The Bertz CT molecular complexity index is 3280. The maximum Gasteiger partial charge on any atom is 0.168 e. The Morgan fingerprint density at radius 2 is 0.500 bits per heavy atom. The van der Waals surface area contributed by atoms with Crippen LogP contribution in [0.4, 0.5) is 0 Å². The number of aromatic amines is 2. The van der Waals surface area contributed by atoms with Crippen LogP contribution in [0.5, 0.6) is 23.0 Å². The van der Waals surface area contributed by atoms with Crippen molar-refractivity contribution in [1.29, 1.82) is 0 Å². The molecule has 0 saturated carbocycles. The second kappa shape index (κ2) is 39.4. The number of benzene rings is 4. The maximum absolute atomic E-state index is 8.97. The Balaban J connectivity index is 1.09. The molecule has 7 aromatic rings. The Morgan fingerprint density at radius 1 is 0.250 bits per heavy atom. The van der Waals surface area contributed by atoms with Gasteiger partial charge in [-0.3, -0.25) is 0 Å². The van der Waals surface area contributed by atoms with Crippen molar-refractivity contribution < 1.29 is 96.2 Å². The van der Waals surface area contributed by atoms with Crippen molar-refractivity contribution in [2.24, 2.45) is 0 Å². The van der Waals surface area contributed by atoms with Crippen LogP contribution in [0.15, 0.2) is 72.8 Å². The van der Waals surface area contributed by atoms with E-state index in [1.807, 2.05) is 72.8 Å². The SMILES string of the molecule is OCCOCCOCCOCCOc1cccc2c1-c1nc-2nc2[nH]c(nc3nc(nc4[nH]c(n1)c1cccc(OCCOCCOCCOCCO)c41)-c1cccc(OCCOCCOCCOCCO)c1-3)c1cccc(OCCOCCOCCOCCO)c21. The summed E-state index contributed by atoms with van der Waals surface area (Å²) >= 11 is 0. The number of hydrogen-bond donors (Lipinski definition) is 6. The lowest BCUT2D eigenvalue weighted by atomic mass is 10.1. The molecule has 28 heteroatoms. The third-order valence-electron chi connectivity index (χ3n) is 13.6. The van der Waals surface area contributed by atoms with Gasteiger partial charge in [0.1, 0.15) is 72.0 Å². The Hall–Kier alpha value is -7.20. The predicted octanol–water partition coefficient (Wildman–Crippen LogP) is 4.55. The molecule has 3 aromatic heterocycles. The fourth-order valence-corrected chi connectivity index (χ4v) is 9.61. The van der Waals surface area contributed by atoms with Gasteiger partial charge in [0.15, 0.2) is 23.3 Å². The first-order valence-electron chi connectivity index (χ1n) is 30.8. The summed E-state index contributed by atoms with van der Waals surface area (Å²) in [5.41, 5.74) is 4.05. The van der Waals surface area contributed by atoms with Crippen LogP contribution in [0.25, 0.3) is 89.7 Å². The summed E-state index contributed by atoms with van der Waals surface area (Å²) in [6.45, 7) is 8.37. The number of H-pyrrole nitrogens is 2. The number of nitrogens with zero attached hydrogens (tertiary/aromatic N) is 6. The fourth-order valence-electron chi connectivity index (χ4n) is 9.61. The molecule has 498 valence electrons. The summed E-state index contributed by atoms with van der Waals surface area (Å²) in [6, 6.07) is 22.6. The van der Waals surface area contributed by atoms with E-state index in [0.717, 1.165) is 0 Å². The molecule has 0 saturated heterocycles. The summed E-state index contributed by atoms with van der Waals surface area (Å²) in [6.07, 6.45) is 0. The molecule has 0 radical (unpaired) electrons. The highest BCUT2D eigenvalue weighted by molar-refractivity contribution is 6.10. The molecule has 6 N–H and O–H groups in total. The predicted molar refractivity (Wildman–Crippen MR) is 336 cm³/mol. The number of rotatable bonds is 48. The standard InChI is InChI=1S/C64H82N8O20/c73-13-17-77-21-25-81-29-33-85-37-41-89-49-9-1-5-45-53(49)61-65-57(45)69-62-54-46(6-2-10-50(54)90-42-38-86-34-30-82-26-22-78-18-14-74)59(66-62)71-64-56-48(8-4-12-52(56)92-44-40-88-36-32-84-28-24-80-20-16-76)60(68-64)72-63-55-47(58(67-63)70-61)7-3-11-51(55)91-43-39-87-35-31-83-27-23-79-19-15-75/h1-12,73-76H,13-44H2,(H2,65,66,67,68,69,70,71,72). The highest BCUT2D eigenvalue weighted by Gasteiger charge is 2.28. The Kier molecular flexibility index (Phi) is 29.6. The fraction of sp³-hybridized carbons (Fsp3) is 0.500. The summed E-state index contributed by atoms with van der Waals surface area (Å²) in [5.74, 6) is 3.23. The molecule has 2 aliphatic heterocycles. The van der Waals surface area contributed by atoms with E-state index in [1.165, 1.54) is 0 Å². The number of ether oxygens (including phenoxy) is 16. The first-order valence-corrected chi connectivity index (χ1v) is 30.8. The molecule has 0 atom stereocenters. The molecule has 0 spiro atoms. The zero-order chi connectivity index (χ0) is 63.6. The van der Waals surface area contributed by atoms with E-state index < -0.39 is 0 Å². The zero-order valence-corrected chi connectivity index (χ0v) is 51.6. The van der Waals surface area contributed by atoms with E-state index >= 15 is 0 Å². The van der Waals surface area contributed by atoms with Crippen LogP contribution in [0.1, 0.15) is 0 Å². The van der Waals surface area contributed by atoms with E-state index in [1.54, 1.807) is 0 Å². The van der Waals surface area contributed by atoms with Crippen molar-refractivity contribution in [2.75, 3.05) is 211 Å². The van der Waals surface area contributed by atoms with Crippen LogP contribution < -0.4 is 18.9 Å². The lowest BCUT2D eigenvalue weighted by molar-refractivity contribution is 0.00363. The number of aromatic nitrogens is 8. The quantitative estimate of drug-likeness (QED) is 0.0285. The highest BCUT2D eigenvalue weighted by Crippen LogP contribution is 2.44. The normalized spacial score (nSPS) is 11.9. The lowest BCUT2D eigenvalue weighted by Crippen LogP contribution is -2.13.